The second-order valence-electron chi connectivity index (χ2n) is 16.6. The molecule has 4 aromatic rings. The van der Waals surface area contributed by atoms with Gasteiger partial charge >= 0.3 is 0 Å². The molecule has 0 radical (unpaired) electrons. The number of likely N-dealkylation sites (tertiary alicyclic amines) is 1. The first kappa shape index (κ1) is 42.8. The molecule has 4 aliphatic heterocycles. The second kappa shape index (κ2) is 18.6. The molecular weight excluding hydrogens is 807 g/mol. The van der Waals surface area contributed by atoms with Crippen LogP contribution in [0.2, 0.25) is 0 Å². The number of ether oxygens (including phenoxy) is 1. The van der Waals surface area contributed by atoms with Crippen LogP contribution in [0.1, 0.15) is 88.5 Å². The summed E-state index contributed by atoms with van der Waals surface area (Å²) in [6.07, 6.45) is 3.55. The number of fused-ring (bicyclic) bond motifs is 2. The number of para-hydroxylation sites is 1. The monoisotopic (exact) mass is 857 g/mol. The van der Waals surface area contributed by atoms with Crippen LogP contribution in [0, 0.1) is 5.92 Å². The molecule has 5 N–H and O–H groups in total. The van der Waals surface area contributed by atoms with Crippen molar-refractivity contribution < 1.29 is 38.3 Å². The van der Waals surface area contributed by atoms with Crippen LogP contribution in [-0.2, 0) is 19.2 Å². The van der Waals surface area contributed by atoms with Crippen molar-refractivity contribution >= 4 is 52.7 Å². The quantitative estimate of drug-likeness (QED) is 0.0920. The van der Waals surface area contributed by atoms with E-state index in [1.807, 2.05) is 76.1 Å². The lowest BCUT2D eigenvalue weighted by atomic mass is 9.86. The van der Waals surface area contributed by atoms with Gasteiger partial charge < -0.3 is 26.0 Å². The first-order valence-corrected chi connectivity index (χ1v) is 21.5. The number of amides is 6. The minimum absolute atomic E-state index is 0.0119. The van der Waals surface area contributed by atoms with Gasteiger partial charge in [0, 0.05) is 63.2 Å². The number of likely N-dealkylation sites (N-methyl/N-ethyl adjacent to an activating group) is 1. The average molecular weight is 858 g/mol. The summed E-state index contributed by atoms with van der Waals surface area (Å²) in [6.45, 7) is 2.88. The summed E-state index contributed by atoms with van der Waals surface area (Å²) in [5, 5.41) is 13.7. The molecule has 17 heteroatoms. The Labute approximate surface area is 364 Å². The fourth-order valence-electron chi connectivity index (χ4n) is 9.09. The van der Waals surface area contributed by atoms with Crippen molar-refractivity contribution in [2.24, 2.45) is 11.7 Å². The van der Waals surface area contributed by atoms with Crippen molar-refractivity contribution in [3.05, 3.63) is 89.5 Å². The Bertz CT molecular complexity index is 2430. The zero-order valence-electron chi connectivity index (χ0n) is 35.1. The van der Waals surface area contributed by atoms with Gasteiger partial charge in [0.2, 0.25) is 17.7 Å². The van der Waals surface area contributed by atoms with Crippen LogP contribution in [0.4, 0.5) is 11.5 Å². The maximum absolute atomic E-state index is 13.4. The summed E-state index contributed by atoms with van der Waals surface area (Å²) >= 11 is 0. The van der Waals surface area contributed by atoms with E-state index in [0.29, 0.717) is 67.7 Å². The number of piperidine rings is 2. The predicted molar refractivity (Wildman–Crippen MR) is 232 cm³/mol. The Morgan fingerprint density at radius 1 is 0.889 bits per heavy atom. The highest BCUT2D eigenvalue weighted by molar-refractivity contribution is 6.25. The molecule has 2 atom stereocenters. The molecule has 0 saturated carbocycles. The fourth-order valence-corrected chi connectivity index (χ4v) is 9.09. The molecule has 1 unspecified atom stereocenters. The molecule has 0 spiro atoms. The number of benzene rings is 3. The summed E-state index contributed by atoms with van der Waals surface area (Å²) in [4.78, 5) is 94.2. The van der Waals surface area contributed by atoms with Crippen LogP contribution in [0.15, 0.2) is 72.8 Å². The van der Waals surface area contributed by atoms with E-state index in [1.165, 1.54) is 6.07 Å². The maximum Gasteiger partial charge on any atom is 0.264 e. The maximum atomic E-state index is 13.4. The summed E-state index contributed by atoms with van der Waals surface area (Å²) in [7, 11) is 1.82. The van der Waals surface area contributed by atoms with Crippen molar-refractivity contribution in [2.75, 3.05) is 56.9 Å². The molecule has 0 aliphatic carbocycles. The molecule has 6 amide bonds. The Morgan fingerprint density at radius 2 is 1.63 bits per heavy atom. The van der Waals surface area contributed by atoms with Crippen molar-refractivity contribution in [1.82, 2.24) is 29.8 Å². The van der Waals surface area contributed by atoms with Crippen molar-refractivity contribution in [2.45, 2.75) is 63.5 Å². The van der Waals surface area contributed by atoms with E-state index >= 15 is 0 Å². The Morgan fingerprint density at radius 3 is 2.37 bits per heavy atom. The third-order valence-electron chi connectivity index (χ3n) is 12.3. The van der Waals surface area contributed by atoms with Crippen LogP contribution in [0.3, 0.4) is 0 Å². The number of hydrogen-bond donors (Lipinski definition) is 4. The number of ketones is 1. The van der Waals surface area contributed by atoms with E-state index in [9.17, 15) is 33.6 Å². The van der Waals surface area contributed by atoms with E-state index in [1.54, 1.807) is 12.1 Å². The lowest BCUT2D eigenvalue weighted by Gasteiger charge is -2.38. The molecule has 8 rings (SSSR count). The largest absolute Gasteiger partial charge is 0.457 e. The van der Waals surface area contributed by atoms with Crippen LogP contribution in [0.5, 0.6) is 11.5 Å². The highest BCUT2D eigenvalue weighted by atomic mass is 16.5. The zero-order valence-corrected chi connectivity index (χ0v) is 35.1. The third kappa shape index (κ3) is 9.19. The smallest absolute Gasteiger partial charge is 0.264 e. The van der Waals surface area contributed by atoms with Crippen LogP contribution < -0.4 is 26.4 Å². The molecule has 17 nitrogen and oxygen atoms in total. The number of anilines is 2. The minimum atomic E-state index is -1.05. The number of aromatic nitrogens is 2. The summed E-state index contributed by atoms with van der Waals surface area (Å²) in [5.74, 6) is -0.529. The Hall–Kier alpha value is -6.88. The van der Waals surface area contributed by atoms with Crippen LogP contribution in [0.25, 0.3) is 11.3 Å². The summed E-state index contributed by atoms with van der Waals surface area (Å²) in [5.41, 5.74) is 8.36. The number of Topliss-reactive ketones (excluding diaryl/α,β-unsaturated/α-hetero) is 1. The van der Waals surface area contributed by atoms with Gasteiger partial charge in [-0.15, -0.1) is 0 Å². The Balaban J connectivity index is 0.778. The molecular formula is C46H51N9O8. The standard InChI is InChI=1S/C46H51N9O8/c1-52(27-30(56)7-6-22-48-34-11-5-10-33-39(34)46(62)54(45(33)61)36-16-17-37(57)50-44(36)60)24-21-38(58)53-25-19-28(20-26-53)35-18-23-49-43-40(42(47)59)41(51-55(35)43)29-12-14-32(15-13-29)63-31-8-3-2-4-9-31/h2-5,8-15,28,35-36,48-49H,6-7,16-27H2,1H3,(H2,47,59)(H,50,57,60)/t35-,36?/m0/s1. The van der Waals surface area contributed by atoms with Gasteiger partial charge in [-0.1, -0.05) is 24.3 Å². The topological polar surface area (TPSA) is 218 Å². The zero-order chi connectivity index (χ0) is 44.2. The number of carbonyl (C=O) groups is 7. The number of rotatable bonds is 16. The number of nitrogens with two attached hydrogens (primary N) is 1. The van der Waals surface area contributed by atoms with E-state index in [-0.39, 0.29) is 67.0 Å². The molecule has 4 aliphatic rings. The first-order chi connectivity index (χ1) is 30.5. The van der Waals surface area contributed by atoms with Gasteiger partial charge in [-0.2, -0.15) is 5.10 Å². The van der Waals surface area contributed by atoms with Crippen molar-refractivity contribution in [1.29, 1.82) is 0 Å². The number of carbonyl (C=O) groups excluding carboxylic acids is 7. The Kier molecular flexibility index (Phi) is 12.6. The van der Waals surface area contributed by atoms with Gasteiger partial charge in [0.1, 0.15) is 40.4 Å². The van der Waals surface area contributed by atoms with Gasteiger partial charge in [-0.25, -0.2) is 4.68 Å². The lowest BCUT2D eigenvalue weighted by molar-refractivity contribution is -0.136. The molecule has 2 saturated heterocycles. The molecule has 5 heterocycles. The van der Waals surface area contributed by atoms with Crippen LogP contribution in [-0.4, -0.2) is 118 Å². The normalized spacial score (nSPS) is 18.8. The number of nitrogens with one attached hydrogen (secondary N) is 3. The van der Waals surface area contributed by atoms with Crippen LogP contribution >= 0.6 is 0 Å². The SMILES string of the molecule is CN(CCC(=O)N1CCC([C@@H]2CCNc3c(C(N)=O)c(-c4ccc(Oc5ccccc5)cc4)nn32)CC1)CC(=O)CCCNc1cccc2c1C(=O)N(C1CCC(=O)NC1=O)C2=O. The predicted octanol–water partition coefficient (Wildman–Crippen LogP) is 4.22. The first-order valence-electron chi connectivity index (χ1n) is 21.5. The molecule has 63 heavy (non-hydrogen) atoms. The summed E-state index contributed by atoms with van der Waals surface area (Å²) in [6, 6.07) is 20.8. The third-order valence-corrected chi connectivity index (χ3v) is 12.3. The molecule has 328 valence electrons. The number of hydrogen-bond acceptors (Lipinski definition) is 12. The van der Waals surface area contributed by atoms with Gasteiger partial charge in [0.15, 0.2) is 0 Å². The molecule has 2 fully saturated rings. The van der Waals surface area contributed by atoms with Crippen molar-refractivity contribution in [3.8, 4) is 22.8 Å². The van der Waals surface area contributed by atoms with Gasteiger partial charge in [0.25, 0.3) is 17.7 Å². The number of primary amides is 1. The minimum Gasteiger partial charge on any atom is -0.457 e. The highest BCUT2D eigenvalue weighted by Crippen LogP contribution is 2.40. The number of imide groups is 2. The summed E-state index contributed by atoms with van der Waals surface area (Å²) < 4.78 is 7.87. The number of nitrogens with zero attached hydrogens (tertiary/aromatic N) is 5. The average Bonchev–Trinajstić information content (AvgIpc) is 3.80. The highest BCUT2D eigenvalue weighted by Gasteiger charge is 2.45. The van der Waals surface area contributed by atoms with E-state index in [4.69, 9.17) is 15.6 Å². The van der Waals surface area contributed by atoms with Gasteiger partial charge in [-0.3, -0.25) is 48.7 Å². The van der Waals surface area contributed by atoms with Gasteiger partial charge in [0.05, 0.1) is 23.7 Å². The van der Waals surface area contributed by atoms with Crippen molar-refractivity contribution in [3.63, 3.8) is 0 Å². The van der Waals surface area contributed by atoms with Gasteiger partial charge in [-0.05, 0) is 93.6 Å². The molecule has 3 aromatic carbocycles. The molecule has 0 bridgehead atoms. The fraction of sp³-hybridized carbons (Fsp3) is 0.391. The van der Waals surface area contributed by atoms with E-state index < -0.39 is 35.6 Å². The molecule has 1 aromatic heterocycles. The van der Waals surface area contributed by atoms with E-state index in [0.717, 1.165) is 35.5 Å². The second-order valence-corrected chi connectivity index (χ2v) is 16.6. The van der Waals surface area contributed by atoms with E-state index in [2.05, 4.69) is 16.0 Å². The lowest BCUT2D eigenvalue weighted by Crippen LogP contribution is -2.54.